The molecule has 0 aliphatic carbocycles. The number of hydrogen-bond donors (Lipinski definition) is 2. The van der Waals surface area contributed by atoms with E-state index in [1.807, 2.05) is 0 Å². The molecule has 10 nitrogen and oxygen atoms in total. The van der Waals surface area contributed by atoms with Crippen molar-refractivity contribution in [1.29, 1.82) is 0 Å². The second-order valence-electron chi connectivity index (χ2n) is 7.32. The average molecular weight is 494 g/mol. The number of rotatable bonds is 6. The predicted molar refractivity (Wildman–Crippen MR) is 114 cm³/mol. The number of nitrogens with one attached hydrogen (secondary N) is 2. The standard InChI is InChI=1S/C21H18F4N6O4/c1-34-11-15(12-3-5-16(13(22)9-12)35-21(23,24)25)28-20(33)30-10-18(32)27-14-4-6-17(29-19(14)30)31-8-2-7-26-31/h2-9,15H,10-11H2,1H3,(H,27,32)(H,28,33). The van der Waals surface area contributed by atoms with Gasteiger partial charge in [-0.3, -0.25) is 9.69 Å². The molecule has 3 aromatic rings. The van der Waals surface area contributed by atoms with Gasteiger partial charge in [0.25, 0.3) is 0 Å². The predicted octanol–water partition coefficient (Wildman–Crippen LogP) is 3.16. The quantitative estimate of drug-likeness (QED) is 0.510. The summed E-state index contributed by atoms with van der Waals surface area (Å²) in [5.74, 6) is -2.22. The largest absolute Gasteiger partial charge is 0.573 e. The van der Waals surface area contributed by atoms with Crippen LogP contribution in [0.15, 0.2) is 48.8 Å². The molecule has 184 valence electrons. The van der Waals surface area contributed by atoms with Gasteiger partial charge in [-0.25, -0.2) is 18.9 Å². The number of aromatic nitrogens is 3. The zero-order valence-electron chi connectivity index (χ0n) is 18.0. The van der Waals surface area contributed by atoms with E-state index in [1.165, 1.54) is 17.9 Å². The molecule has 0 saturated heterocycles. The van der Waals surface area contributed by atoms with Crippen molar-refractivity contribution in [2.24, 2.45) is 0 Å². The van der Waals surface area contributed by atoms with E-state index in [0.717, 1.165) is 17.0 Å². The van der Waals surface area contributed by atoms with Crippen molar-refractivity contribution < 1.29 is 36.6 Å². The molecule has 14 heteroatoms. The Morgan fingerprint density at radius 1 is 1.29 bits per heavy atom. The summed E-state index contributed by atoms with van der Waals surface area (Å²) in [7, 11) is 1.33. The molecule has 1 aromatic carbocycles. The molecule has 2 aromatic heterocycles. The second kappa shape index (κ2) is 9.58. The highest BCUT2D eigenvalue weighted by Gasteiger charge is 2.33. The lowest BCUT2D eigenvalue weighted by Crippen LogP contribution is -2.49. The van der Waals surface area contributed by atoms with Gasteiger partial charge in [-0.05, 0) is 35.9 Å². The Morgan fingerprint density at radius 2 is 2.09 bits per heavy atom. The highest BCUT2D eigenvalue weighted by molar-refractivity contribution is 6.08. The first-order valence-corrected chi connectivity index (χ1v) is 10.1. The van der Waals surface area contributed by atoms with Crippen molar-refractivity contribution in [2.45, 2.75) is 12.4 Å². The molecule has 0 radical (unpaired) electrons. The summed E-state index contributed by atoms with van der Waals surface area (Å²) in [6, 6.07) is 5.90. The topological polar surface area (TPSA) is 111 Å². The minimum Gasteiger partial charge on any atom is -0.403 e. The Balaban J connectivity index is 1.59. The molecule has 4 rings (SSSR count). The van der Waals surface area contributed by atoms with E-state index in [2.05, 4.69) is 25.5 Å². The summed E-state index contributed by atoms with van der Waals surface area (Å²) in [5.41, 5.74) is 0.405. The lowest BCUT2D eigenvalue weighted by atomic mass is 10.1. The van der Waals surface area contributed by atoms with Gasteiger partial charge in [0.05, 0.1) is 18.3 Å². The Hall–Kier alpha value is -4.20. The molecule has 0 saturated carbocycles. The third kappa shape index (κ3) is 5.48. The number of methoxy groups -OCH3 is 1. The summed E-state index contributed by atoms with van der Waals surface area (Å²) in [6.45, 7) is -0.501. The average Bonchev–Trinajstić information content (AvgIpc) is 3.33. The number of urea groups is 1. The summed E-state index contributed by atoms with van der Waals surface area (Å²) >= 11 is 0. The van der Waals surface area contributed by atoms with E-state index in [1.54, 1.807) is 30.6 Å². The van der Waals surface area contributed by atoms with Gasteiger partial charge >= 0.3 is 12.4 Å². The van der Waals surface area contributed by atoms with E-state index in [-0.39, 0.29) is 30.2 Å². The molecular formula is C21H18F4N6O4. The molecule has 0 spiro atoms. The van der Waals surface area contributed by atoms with Gasteiger partial charge in [-0.15, -0.1) is 13.2 Å². The van der Waals surface area contributed by atoms with Crippen LogP contribution in [0.4, 0.5) is 33.9 Å². The number of anilines is 2. The Labute approximate surface area is 195 Å². The highest BCUT2D eigenvalue weighted by Crippen LogP contribution is 2.30. The van der Waals surface area contributed by atoms with Crippen molar-refractivity contribution in [3.8, 4) is 11.6 Å². The maximum absolute atomic E-state index is 14.2. The number of pyridine rings is 1. The number of nitrogens with zero attached hydrogens (tertiary/aromatic N) is 4. The van der Waals surface area contributed by atoms with Gasteiger partial charge < -0.3 is 20.1 Å². The molecule has 0 bridgehead atoms. The second-order valence-corrected chi connectivity index (χ2v) is 7.32. The number of carbonyl (C=O) groups excluding carboxylic acids is 2. The van der Waals surface area contributed by atoms with Crippen LogP contribution < -0.4 is 20.3 Å². The number of carbonyl (C=O) groups is 2. The van der Waals surface area contributed by atoms with E-state index in [4.69, 9.17) is 4.74 Å². The molecule has 1 unspecified atom stereocenters. The number of amides is 3. The van der Waals surface area contributed by atoms with Crippen molar-refractivity contribution in [2.75, 3.05) is 30.5 Å². The monoisotopic (exact) mass is 494 g/mol. The van der Waals surface area contributed by atoms with Crippen LogP contribution in [0, 0.1) is 5.82 Å². The van der Waals surface area contributed by atoms with Gasteiger partial charge in [-0.2, -0.15) is 5.10 Å². The number of ether oxygens (including phenoxy) is 2. The van der Waals surface area contributed by atoms with Gasteiger partial charge in [0, 0.05) is 19.5 Å². The van der Waals surface area contributed by atoms with Crippen LogP contribution in [0.5, 0.6) is 5.75 Å². The zero-order valence-corrected chi connectivity index (χ0v) is 18.0. The van der Waals surface area contributed by atoms with Gasteiger partial charge in [-0.1, -0.05) is 6.07 Å². The van der Waals surface area contributed by atoms with E-state index in [9.17, 15) is 27.2 Å². The van der Waals surface area contributed by atoms with Crippen molar-refractivity contribution in [3.05, 3.63) is 60.2 Å². The lowest BCUT2D eigenvalue weighted by molar-refractivity contribution is -0.275. The lowest BCUT2D eigenvalue weighted by Gasteiger charge is -2.30. The zero-order chi connectivity index (χ0) is 25.2. The smallest absolute Gasteiger partial charge is 0.403 e. The first kappa shape index (κ1) is 23.9. The van der Waals surface area contributed by atoms with Crippen LogP contribution in [-0.4, -0.2) is 53.3 Å². The van der Waals surface area contributed by atoms with Crippen LogP contribution in [-0.2, 0) is 9.53 Å². The van der Waals surface area contributed by atoms with Crippen LogP contribution in [0.3, 0.4) is 0 Å². The van der Waals surface area contributed by atoms with Crippen molar-refractivity contribution >= 4 is 23.4 Å². The number of hydrogen-bond acceptors (Lipinski definition) is 6. The number of alkyl halides is 3. The highest BCUT2D eigenvalue weighted by atomic mass is 19.4. The molecular weight excluding hydrogens is 476 g/mol. The Kier molecular flexibility index (Phi) is 6.55. The maximum atomic E-state index is 14.2. The normalized spacial score (nSPS) is 14.2. The van der Waals surface area contributed by atoms with Gasteiger partial charge in [0.1, 0.15) is 6.54 Å². The molecule has 1 aliphatic rings. The van der Waals surface area contributed by atoms with Gasteiger partial charge in [0.15, 0.2) is 23.2 Å². The third-order valence-electron chi connectivity index (χ3n) is 4.89. The summed E-state index contributed by atoms with van der Waals surface area (Å²) < 4.78 is 61.7. The molecule has 3 amide bonds. The fourth-order valence-electron chi connectivity index (χ4n) is 3.41. The van der Waals surface area contributed by atoms with E-state index in [0.29, 0.717) is 5.82 Å². The number of halogens is 4. The van der Waals surface area contributed by atoms with E-state index >= 15 is 0 Å². The first-order chi connectivity index (χ1) is 16.6. The van der Waals surface area contributed by atoms with Crippen LogP contribution in [0.2, 0.25) is 0 Å². The molecule has 2 N–H and O–H groups in total. The minimum absolute atomic E-state index is 0.118. The number of benzene rings is 1. The summed E-state index contributed by atoms with van der Waals surface area (Å²) in [4.78, 5) is 30.8. The summed E-state index contributed by atoms with van der Waals surface area (Å²) in [5, 5.41) is 9.32. The van der Waals surface area contributed by atoms with Crippen LogP contribution in [0.1, 0.15) is 11.6 Å². The molecule has 1 aliphatic heterocycles. The van der Waals surface area contributed by atoms with Crippen molar-refractivity contribution in [1.82, 2.24) is 20.1 Å². The fraction of sp³-hybridized carbons (Fsp3) is 0.238. The molecule has 35 heavy (non-hydrogen) atoms. The first-order valence-electron chi connectivity index (χ1n) is 10.1. The van der Waals surface area contributed by atoms with Crippen molar-refractivity contribution in [3.63, 3.8) is 0 Å². The third-order valence-corrected chi connectivity index (χ3v) is 4.89. The van der Waals surface area contributed by atoms with Gasteiger partial charge in [0.2, 0.25) is 5.91 Å². The van der Waals surface area contributed by atoms with Crippen LogP contribution in [0.25, 0.3) is 5.82 Å². The minimum atomic E-state index is -5.06. The van der Waals surface area contributed by atoms with E-state index < -0.39 is 35.9 Å². The summed E-state index contributed by atoms with van der Waals surface area (Å²) in [6.07, 6.45) is -1.87. The SMILES string of the molecule is COCC(NC(=O)N1CC(=O)Nc2ccc(-n3cccn3)nc21)c1ccc(OC(F)(F)F)c(F)c1. The molecule has 0 fully saturated rings. The Morgan fingerprint density at radius 3 is 2.74 bits per heavy atom. The molecule has 1 atom stereocenters. The maximum Gasteiger partial charge on any atom is 0.573 e. The Bertz CT molecular complexity index is 1240. The fourth-order valence-corrected chi connectivity index (χ4v) is 3.41. The number of fused-ring (bicyclic) bond motifs is 1. The van der Waals surface area contributed by atoms with Crippen LogP contribution >= 0.6 is 0 Å². The molecule has 3 heterocycles.